The maximum atomic E-state index is 3.83. The average Bonchev–Trinajstić information content (AvgIpc) is 2.34. The van der Waals surface area contributed by atoms with Crippen LogP contribution in [-0.4, -0.2) is 0 Å². The van der Waals surface area contributed by atoms with E-state index in [0.717, 1.165) is 0 Å². The molecule has 0 aliphatic rings. The molecule has 0 saturated carbocycles. The van der Waals surface area contributed by atoms with Gasteiger partial charge in [-0.2, -0.15) is 0 Å². The van der Waals surface area contributed by atoms with Gasteiger partial charge in [0.25, 0.3) is 0 Å². The Morgan fingerprint density at radius 3 is 2.56 bits per heavy atom. The second-order valence-electron chi connectivity index (χ2n) is 3.55. The summed E-state index contributed by atoms with van der Waals surface area (Å²) in [5.41, 5.74) is 3.66. The van der Waals surface area contributed by atoms with Crippen molar-refractivity contribution in [2.45, 2.75) is 13.8 Å². The first-order chi connectivity index (χ1) is 7.79. The zero-order valence-corrected chi connectivity index (χ0v) is 9.98. The molecule has 0 aliphatic carbocycles. The van der Waals surface area contributed by atoms with Crippen LogP contribution in [0.15, 0.2) is 61.2 Å². The molecule has 0 radical (unpaired) electrons. The largest absolute Gasteiger partial charge is 0.0984 e. The first-order valence-electron chi connectivity index (χ1n) is 5.47. The Balaban J connectivity index is 2.95. The molecule has 0 fully saturated rings. The molecular formula is C16H18. The summed E-state index contributed by atoms with van der Waals surface area (Å²) in [5.74, 6) is 0. The number of allylic oxidation sites excluding steroid dienone is 6. The van der Waals surface area contributed by atoms with E-state index >= 15 is 0 Å². The van der Waals surface area contributed by atoms with Gasteiger partial charge in [-0.05, 0) is 30.5 Å². The van der Waals surface area contributed by atoms with E-state index in [-0.39, 0.29) is 0 Å². The monoisotopic (exact) mass is 210 g/mol. The van der Waals surface area contributed by atoms with Crippen LogP contribution in [0.3, 0.4) is 0 Å². The van der Waals surface area contributed by atoms with Crippen molar-refractivity contribution >= 4 is 11.6 Å². The number of rotatable bonds is 4. The van der Waals surface area contributed by atoms with Crippen LogP contribution < -0.4 is 0 Å². The van der Waals surface area contributed by atoms with Crippen LogP contribution in [0, 0.1) is 0 Å². The van der Waals surface area contributed by atoms with Gasteiger partial charge in [0.2, 0.25) is 0 Å². The molecule has 16 heavy (non-hydrogen) atoms. The Kier molecular flexibility index (Phi) is 5.07. The van der Waals surface area contributed by atoms with Gasteiger partial charge in [-0.1, -0.05) is 67.3 Å². The van der Waals surface area contributed by atoms with Crippen LogP contribution in [0.4, 0.5) is 0 Å². The minimum Gasteiger partial charge on any atom is -0.0984 e. The Morgan fingerprint density at radius 1 is 1.12 bits per heavy atom. The summed E-state index contributed by atoms with van der Waals surface area (Å²) in [4.78, 5) is 0. The zero-order chi connectivity index (χ0) is 11.8. The lowest BCUT2D eigenvalue weighted by atomic mass is 10.0. The first-order valence-corrected chi connectivity index (χ1v) is 5.47. The second kappa shape index (κ2) is 6.62. The van der Waals surface area contributed by atoms with Gasteiger partial charge in [-0.15, -0.1) is 0 Å². The fourth-order valence-corrected chi connectivity index (χ4v) is 1.50. The molecule has 0 unspecified atom stereocenters. The van der Waals surface area contributed by atoms with Crippen molar-refractivity contribution in [2.75, 3.05) is 0 Å². The normalized spacial score (nSPS) is 12.5. The molecule has 0 heteroatoms. The van der Waals surface area contributed by atoms with Crippen molar-refractivity contribution in [2.24, 2.45) is 0 Å². The van der Waals surface area contributed by atoms with Crippen molar-refractivity contribution in [3.63, 3.8) is 0 Å². The summed E-state index contributed by atoms with van der Waals surface area (Å²) < 4.78 is 0. The third kappa shape index (κ3) is 3.39. The van der Waals surface area contributed by atoms with E-state index in [1.807, 2.05) is 37.3 Å². The molecule has 1 aromatic rings. The SMILES string of the molecule is C=Cc1ccccc1/C(C)=C/C=C\C=C/C. The maximum absolute atomic E-state index is 3.83. The average molecular weight is 210 g/mol. The van der Waals surface area contributed by atoms with Crippen molar-refractivity contribution in [3.8, 4) is 0 Å². The summed E-state index contributed by atoms with van der Waals surface area (Å²) in [6.45, 7) is 7.95. The number of hydrogen-bond donors (Lipinski definition) is 0. The third-order valence-corrected chi connectivity index (χ3v) is 2.37. The molecule has 1 aromatic carbocycles. The molecule has 0 heterocycles. The van der Waals surface area contributed by atoms with Crippen LogP contribution in [0.1, 0.15) is 25.0 Å². The summed E-state index contributed by atoms with van der Waals surface area (Å²) in [6, 6.07) is 8.28. The predicted octanol–water partition coefficient (Wildman–Crippen LogP) is 4.87. The molecule has 0 aromatic heterocycles. The van der Waals surface area contributed by atoms with Gasteiger partial charge in [0.1, 0.15) is 0 Å². The van der Waals surface area contributed by atoms with Crippen LogP contribution in [0.2, 0.25) is 0 Å². The van der Waals surface area contributed by atoms with E-state index in [0.29, 0.717) is 0 Å². The van der Waals surface area contributed by atoms with Crippen molar-refractivity contribution in [1.82, 2.24) is 0 Å². The van der Waals surface area contributed by atoms with Gasteiger partial charge < -0.3 is 0 Å². The Labute approximate surface area is 98.3 Å². The first kappa shape index (κ1) is 12.3. The lowest BCUT2D eigenvalue weighted by molar-refractivity contribution is 1.53. The van der Waals surface area contributed by atoms with Gasteiger partial charge in [-0.25, -0.2) is 0 Å². The van der Waals surface area contributed by atoms with Gasteiger partial charge in [0.15, 0.2) is 0 Å². The quantitative estimate of drug-likeness (QED) is 0.622. The lowest BCUT2D eigenvalue weighted by Crippen LogP contribution is -1.83. The Hall–Kier alpha value is -1.82. The minimum absolute atomic E-state index is 1.18. The van der Waals surface area contributed by atoms with Crippen LogP contribution >= 0.6 is 0 Å². The molecule has 0 amide bonds. The topological polar surface area (TPSA) is 0 Å². The van der Waals surface area contributed by atoms with Gasteiger partial charge in [0, 0.05) is 0 Å². The maximum Gasteiger partial charge on any atom is -0.0155 e. The number of hydrogen-bond acceptors (Lipinski definition) is 0. The van der Waals surface area contributed by atoms with Crippen LogP contribution in [0.5, 0.6) is 0 Å². The molecule has 1 rings (SSSR count). The van der Waals surface area contributed by atoms with E-state index in [1.165, 1.54) is 16.7 Å². The highest BCUT2D eigenvalue weighted by Gasteiger charge is 1.98. The smallest absolute Gasteiger partial charge is 0.0155 e. The Morgan fingerprint density at radius 2 is 1.88 bits per heavy atom. The summed E-state index contributed by atoms with van der Waals surface area (Å²) >= 11 is 0. The molecule has 0 N–H and O–H groups in total. The van der Waals surface area contributed by atoms with E-state index in [9.17, 15) is 0 Å². The van der Waals surface area contributed by atoms with Gasteiger partial charge in [-0.3, -0.25) is 0 Å². The van der Waals surface area contributed by atoms with Crippen LogP contribution in [-0.2, 0) is 0 Å². The lowest BCUT2D eigenvalue weighted by Gasteiger charge is -2.04. The molecule has 0 saturated heterocycles. The van der Waals surface area contributed by atoms with Gasteiger partial charge >= 0.3 is 0 Å². The third-order valence-electron chi connectivity index (χ3n) is 2.37. The summed E-state index contributed by atoms with van der Waals surface area (Å²) in [7, 11) is 0. The highest BCUT2D eigenvalue weighted by molar-refractivity contribution is 5.73. The second-order valence-corrected chi connectivity index (χ2v) is 3.55. The molecule has 0 atom stereocenters. The highest BCUT2D eigenvalue weighted by atomic mass is 14.0. The molecule has 0 aliphatic heterocycles. The predicted molar refractivity (Wildman–Crippen MR) is 74.1 cm³/mol. The molecule has 0 spiro atoms. The zero-order valence-electron chi connectivity index (χ0n) is 9.98. The van der Waals surface area contributed by atoms with E-state index in [4.69, 9.17) is 0 Å². The van der Waals surface area contributed by atoms with Gasteiger partial charge in [0.05, 0.1) is 0 Å². The molecule has 0 bridgehead atoms. The van der Waals surface area contributed by atoms with E-state index in [2.05, 4.69) is 43.9 Å². The molecular weight excluding hydrogens is 192 g/mol. The van der Waals surface area contributed by atoms with Crippen LogP contribution in [0.25, 0.3) is 11.6 Å². The van der Waals surface area contributed by atoms with Crippen molar-refractivity contribution < 1.29 is 0 Å². The summed E-state index contributed by atoms with van der Waals surface area (Å²) in [6.07, 6.45) is 12.1. The fourth-order valence-electron chi connectivity index (χ4n) is 1.50. The van der Waals surface area contributed by atoms with E-state index < -0.39 is 0 Å². The summed E-state index contributed by atoms with van der Waals surface area (Å²) in [5, 5.41) is 0. The highest BCUT2D eigenvalue weighted by Crippen LogP contribution is 2.19. The fraction of sp³-hybridized carbons (Fsp3) is 0.125. The molecule has 0 nitrogen and oxygen atoms in total. The van der Waals surface area contributed by atoms with E-state index in [1.54, 1.807) is 0 Å². The molecule has 82 valence electrons. The van der Waals surface area contributed by atoms with Crippen molar-refractivity contribution in [1.29, 1.82) is 0 Å². The Bertz CT molecular complexity index is 431. The minimum atomic E-state index is 1.18. The number of benzene rings is 1. The van der Waals surface area contributed by atoms with Crippen molar-refractivity contribution in [3.05, 3.63) is 72.4 Å². The standard InChI is InChI=1S/C16H18/c1-4-6-7-8-11-14(3)16-13-10-9-12-15(16)5-2/h4-13H,2H2,1,3H3/b6-4-,8-7-,14-11+.